The molecule has 1 unspecified atom stereocenters. The lowest BCUT2D eigenvalue weighted by atomic mass is 10.2. The quantitative estimate of drug-likeness (QED) is 0.237. The van der Waals surface area contributed by atoms with Gasteiger partial charge in [0.25, 0.3) is 6.36 Å². The number of carbonyl (C=O) groups excluding carboxylic acids is 1. The van der Waals surface area contributed by atoms with E-state index in [1.54, 1.807) is 0 Å². The highest BCUT2D eigenvalue weighted by atomic mass is 19.3. The molecule has 0 bridgehead atoms. The van der Waals surface area contributed by atoms with Gasteiger partial charge in [0.15, 0.2) is 17.3 Å². The lowest BCUT2D eigenvalue weighted by Gasteiger charge is -2.15. The highest BCUT2D eigenvalue weighted by molar-refractivity contribution is 5.89. The highest BCUT2D eigenvalue weighted by Crippen LogP contribution is 2.36. The van der Waals surface area contributed by atoms with E-state index in [0.29, 0.717) is 0 Å². The number of nitrogens with zero attached hydrogens (tertiary/aromatic N) is 4. The zero-order chi connectivity index (χ0) is 28.2. The van der Waals surface area contributed by atoms with Gasteiger partial charge in [0.05, 0.1) is 23.1 Å². The van der Waals surface area contributed by atoms with E-state index >= 15 is 4.39 Å². The van der Waals surface area contributed by atoms with Crippen molar-refractivity contribution in [1.82, 2.24) is 19.5 Å². The molecular formula is C27H19F4N5O4. The minimum absolute atomic E-state index is 0.0163. The van der Waals surface area contributed by atoms with Crippen LogP contribution < -0.4 is 19.9 Å². The van der Waals surface area contributed by atoms with Crippen LogP contribution in [-0.2, 0) is 6.61 Å². The molecule has 0 saturated heterocycles. The molecule has 0 radical (unpaired) electrons. The van der Waals surface area contributed by atoms with Gasteiger partial charge in [-0.3, -0.25) is 4.98 Å². The van der Waals surface area contributed by atoms with Gasteiger partial charge in [-0.1, -0.05) is 30.3 Å². The van der Waals surface area contributed by atoms with Crippen molar-refractivity contribution in [3.63, 3.8) is 0 Å². The lowest BCUT2D eigenvalue weighted by Crippen LogP contribution is -2.20. The van der Waals surface area contributed by atoms with Crippen molar-refractivity contribution in [3.8, 4) is 34.5 Å². The van der Waals surface area contributed by atoms with Gasteiger partial charge in [-0.15, -0.1) is 0 Å². The molecule has 0 spiro atoms. The van der Waals surface area contributed by atoms with Gasteiger partial charge in [0.2, 0.25) is 5.88 Å². The summed E-state index contributed by atoms with van der Waals surface area (Å²) in [6, 6.07) is 17.6. The number of amides is 1. The molecule has 2 aromatic carbocycles. The highest BCUT2D eigenvalue weighted by Gasteiger charge is 2.26. The number of pyridine rings is 1. The fourth-order valence-corrected chi connectivity index (χ4v) is 3.90. The minimum atomic E-state index is -3.44. The second-order valence-corrected chi connectivity index (χ2v) is 8.27. The van der Waals surface area contributed by atoms with Gasteiger partial charge in [-0.05, 0) is 35.9 Å². The molecular weight excluding hydrogens is 534 g/mol. The average molecular weight is 553 g/mol. The third-order valence-electron chi connectivity index (χ3n) is 5.61. The normalized spacial score (nSPS) is 11.9. The number of fused-ring (bicyclic) bond motifs is 1. The molecule has 0 aliphatic carbocycles. The maximum atomic E-state index is 15.2. The van der Waals surface area contributed by atoms with E-state index in [2.05, 4.69) is 15.0 Å². The summed E-state index contributed by atoms with van der Waals surface area (Å²) in [5.41, 5.74) is 6.76. The van der Waals surface area contributed by atoms with E-state index in [0.717, 1.165) is 18.0 Å². The Kier molecular flexibility index (Phi) is 7.44. The summed E-state index contributed by atoms with van der Waals surface area (Å²) >= 11 is 0. The molecule has 1 atom stereocenters. The van der Waals surface area contributed by atoms with Crippen molar-refractivity contribution < 1.29 is 36.6 Å². The third kappa shape index (κ3) is 5.62. The van der Waals surface area contributed by atoms with Crippen LogP contribution in [0.25, 0.3) is 28.1 Å². The molecule has 0 fully saturated rings. The summed E-state index contributed by atoms with van der Waals surface area (Å²) in [6.45, 7) is 0.121. The number of primary amides is 1. The second kappa shape index (κ2) is 11.3. The molecule has 3 aromatic heterocycles. The van der Waals surface area contributed by atoms with Crippen LogP contribution in [0.3, 0.4) is 0 Å². The molecule has 9 nitrogen and oxygen atoms in total. The summed E-state index contributed by atoms with van der Waals surface area (Å²) in [4.78, 5) is 23.3. The summed E-state index contributed by atoms with van der Waals surface area (Å²) < 4.78 is 71.7. The SMILES string of the molecule is NC(=O)Oc1ccc(-c2cc3ncnc(OC(F)C(F)F)c3n2-c2ccc(OCc3ccccc3)c(F)c2)nc1. The van der Waals surface area contributed by atoms with Gasteiger partial charge in [0.1, 0.15) is 18.5 Å². The molecule has 2 N–H and O–H groups in total. The van der Waals surface area contributed by atoms with Gasteiger partial charge in [0, 0.05) is 11.8 Å². The molecule has 40 heavy (non-hydrogen) atoms. The molecule has 3 heterocycles. The first-order valence-electron chi connectivity index (χ1n) is 11.7. The zero-order valence-electron chi connectivity index (χ0n) is 20.4. The first-order valence-corrected chi connectivity index (χ1v) is 11.7. The van der Waals surface area contributed by atoms with E-state index in [4.69, 9.17) is 19.9 Å². The smallest absolute Gasteiger partial charge is 0.410 e. The Morgan fingerprint density at radius 3 is 2.45 bits per heavy atom. The van der Waals surface area contributed by atoms with Crippen LogP contribution in [0.15, 0.2) is 79.3 Å². The third-order valence-corrected chi connectivity index (χ3v) is 5.61. The van der Waals surface area contributed by atoms with Gasteiger partial charge < -0.3 is 24.5 Å². The summed E-state index contributed by atoms with van der Waals surface area (Å²) in [7, 11) is 0. The number of benzene rings is 2. The number of halogens is 4. The van der Waals surface area contributed by atoms with Gasteiger partial charge in [-0.2, -0.15) is 9.37 Å². The molecule has 5 aromatic rings. The van der Waals surface area contributed by atoms with Crippen molar-refractivity contribution in [2.24, 2.45) is 5.73 Å². The van der Waals surface area contributed by atoms with Crippen molar-refractivity contribution in [3.05, 3.63) is 90.6 Å². The number of ether oxygens (including phenoxy) is 3. The van der Waals surface area contributed by atoms with Crippen LogP contribution in [0.2, 0.25) is 0 Å². The van der Waals surface area contributed by atoms with E-state index < -0.39 is 30.6 Å². The standard InChI is InChI=1S/C27H19F4N5O4/c28-18-10-16(6-9-22(18)38-13-15-4-2-1-3-5-15)36-21(19-8-7-17(12-33-19)39-27(32)37)11-20-23(36)26(35-14-34-20)40-25(31)24(29)30/h1-12,14,24-25H,13H2,(H2,32,37). The topological polar surface area (TPSA) is 114 Å². The number of nitrogens with two attached hydrogens (primary N) is 1. The summed E-state index contributed by atoms with van der Waals surface area (Å²) in [5, 5.41) is 0. The number of hydrogen-bond donors (Lipinski definition) is 1. The summed E-state index contributed by atoms with van der Waals surface area (Å²) in [5.74, 6) is -1.20. The Morgan fingerprint density at radius 1 is 0.975 bits per heavy atom. The predicted molar refractivity (Wildman–Crippen MR) is 135 cm³/mol. The van der Waals surface area contributed by atoms with E-state index in [1.807, 2.05) is 30.3 Å². The number of rotatable bonds is 9. The maximum absolute atomic E-state index is 15.2. The zero-order valence-corrected chi connectivity index (χ0v) is 20.4. The second-order valence-electron chi connectivity index (χ2n) is 8.27. The average Bonchev–Trinajstić information content (AvgIpc) is 3.33. The van der Waals surface area contributed by atoms with Crippen LogP contribution in [0.4, 0.5) is 22.4 Å². The van der Waals surface area contributed by atoms with Crippen LogP contribution >= 0.6 is 0 Å². The first-order chi connectivity index (χ1) is 19.3. The van der Waals surface area contributed by atoms with Gasteiger partial charge in [-0.25, -0.2) is 22.9 Å². The molecule has 204 valence electrons. The molecule has 13 heteroatoms. The van der Waals surface area contributed by atoms with Crippen LogP contribution in [0.5, 0.6) is 17.4 Å². The monoisotopic (exact) mass is 553 g/mol. The fraction of sp³-hybridized carbons (Fsp3) is 0.111. The fourth-order valence-electron chi connectivity index (χ4n) is 3.90. The van der Waals surface area contributed by atoms with Crippen molar-refractivity contribution in [2.45, 2.75) is 19.4 Å². The number of carbonyl (C=O) groups is 1. The maximum Gasteiger partial charge on any atom is 0.410 e. The Hall–Kier alpha value is -5.20. The van der Waals surface area contributed by atoms with Crippen molar-refractivity contribution in [1.29, 1.82) is 0 Å². The predicted octanol–water partition coefficient (Wildman–Crippen LogP) is 5.60. The Morgan fingerprint density at radius 2 is 1.77 bits per heavy atom. The van der Waals surface area contributed by atoms with Crippen LogP contribution in [0.1, 0.15) is 5.56 Å². The van der Waals surface area contributed by atoms with Gasteiger partial charge >= 0.3 is 12.5 Å². The van der Waals surface area contributed by atoms with Crippen molar-refractivity contribution >= 4 is 17.1 Å². The Labute approximate surface area is 223 Å². The van der Waals surface area contributed by atoms with E-state index in [1.165, 1.54) is 41.1 Å². The van der Waals surface area contributed by atoms with Crippen LogP contribution in [-0.4, -0.2) is 38.4 Å². The van der Waals surface area contributed by atoms with Crippen molar-refractivity contribution in [2.75, 3.05) is 0 Å². The number of aromatic nitrogens is 4. The molecule has 0 aliphatic rings. The Balaban J connectivity index is 1.60. The molecule has 0 aliphatic heterocycles. The van der Waals surface area contributed by atoms with E-state index in [-0.39, 0.29) is 46.2 Å². The van der Waals surface area contributed by atoms with Crippen LogP contribution in [0, 0.1) is 5.82 Å². The number of alkyl halides is 3. The number of hydrogen-bond acceptors (Lipinski definition) is 7. The first kappa shape index (κ1) is 26.4. The molecule has 0 saturated carbocycles. The molecule has 5 rings (SSSR count). The molecule has 1 amide bonds. The largest absolute Gasteiger partial charge is 0.486 e. The summed E-state index contributed by atoms with van der Waals surface area (Å²) in [6.07, 6.45) is -5.21. The Bertz CT molecular complexity index is 1650. The lowest BCUT2D eigenvalue weighted by molar-refractivity contribution is -0.0683. The van der Waals surface area contributed by atoms with E-state index in [9.17, 15) is 18.0 Å². The minimum Gasteiger partial charge on any atom is -0.486 e.